The van der Waals surface area contributed by atoms with Crippen molar-refractivity contribution < 1.29 is 63.3 Å². The van der Waals surface area contributed by atoms with Crippen LogP contribution in [0, 0.1) is 0 Å². The predicted octanol–water partition coefficient (Wildman–Crippen LogP) is -2.03. The van der Waals surface area contributed by atoms with Crippen LogP contribution in [0.4, 0.5) is 0 Å². The summed E-state index contributed by atoms with van der Waals surface area (Å²) in [6, 6.07) is 0.181. The van der Waals surface area contributed by atoms with Gasteiger partial charge in [0.1, 0.15) is 37.0 Å². The van der Waals surface area contributed by atoms with E-state index in [9.17, 15) is 58.2 Å². The highest BCUT2D eigenvalue weighted by Gasteiger charge is 2.27. The van der Waals surface area contributed by atoms with E-state index in [1.807, 2.05) is 0 Å². The molecule has 0 aliphatic rings. The Bertz CT molecular complexity index is 1690. The first-order valence-corrected chi connectivity index (χ1v) is 18.6. The molecule has 0 radical (unpaired) electrons. The van der Waals surface area contributed by atoms with Crippen LogP contribution in [0.2, 0.25) is 0 Å². The van der Waals surface area contributed by atoms with Crippen molar-refractivity contribution in [3.63, 3.8) is 0 Å². The fourth-order valence-electron chi connectivity index (χ4n) is 4.23. The molecule has 0 aromatic carbocycles. The lowest BCUT2D eigenvalue weighted by Gasteiger charge is -2.20. The topological polar surface area (TPSA) is 329 Å². The summed E-state index contributed by atoms with van der Waals surface area (Å²) in [5.74, 6) is -9.34. The van der Waals surface area contributed by atoms with Crippen LogP contribution < -0.4 is 31.9 Å². The molecule has 55 heavy (non-hydrogen) atoms. The average Bonchev–Trinajstić information content (AvgIpc) is 3.16. The normalized spacial score (nSPS) is 12.7. The van der Waals surface area contributed by atoms with E-state index in [1.165, 1.54) is 49.1 Å². The van der Waals surface area contributed by atoms with Crippen LogP contribution in [0.3, 0.4) is 0 Å². The van der Waals surface area contributed by atoms with E-state index < -0.39 is 103 Å². The second-order valence-corrected chi connectivity index (χ2v) is 13.7. The largest absolute Gasteiger partial charge is 0.480 e. The third-order valence-electron chi connectivity index (χ3n) is 7.00. The van der Waals surface area contributed by atoms with Crippen LogP contribution in [0.5, 0.6) is 0 Å². The second-order valence-electron chi connectivity index (χ2n) is 11.1. The van der Waals surface area contributed by atoms with E-state index in [1.54, 1.807) is 0 Å². The number of aromatic nitrogens is 2. The van der Waals surface area contributed by atoms with Gasteiger partial charge in [-0.2, -0.15) is 0 Å². The molecule has 0 bridgehead atoms. The molecule has 2 aromatic rings. The van der Waals surface area contributed by atoms with Gasteiger partial charge in [-0.05, 0) is 37.1 Å². The molecule has 296 valence electrons. The highest BCUT2D eigenvalue weighted by Crippen LogP contribution is 2.23. The Morgan fingerprint density at radius 3 is 1.44 bits per heavy atom. The predicted molar refractivity (Wildman–Crippen MR) is 193 cm³/mol. The molecule has 2 heterocycles. The van der Waals surface area contributed by atoms with Gasteiger partial charge in [0.15, 0.2) is 0 Å². The maximum Gasteiger partial charge on any atom is 0.326 e. The van der Waals surface area contributed by atoms with E-state index in [2.05, 4.69) is 41.9 Å². The summed E-state index contributed by atoms with van der Waals surface area (Å²) in [5, 5.41) is 41.9. The molecule has 6 amide bonds. The second kappa shape index (κ2) is 24.3. The van der Waals surface area contributed by atoms with Crippen LogP contribution in [0.1, 0.15) is 46.4 Å². The number of aliphatic carboxylic acids is 3. The van der Waals surface area contributed by atoms with Crippen LogP contribution >= 0.6 is 21.6 Å². The number of rotatable bonds is 25. The molecule has 21 nitrogen and oxygen atoms in total. The first kappa shape index (κ1) is 45.1. The van der Waals surface area contributed by atoms with Gasteiger partial charge in [-0.15, -0.1) is 0 Å². The summed E-state index contributed by atoms with van der Waals surface area (Å²) < 4.78 is 0. The standard InChI is InChI=1S/C32H38N8O13S2/c41-12-11-35-29(48)22(37-24(42)7-5-20(31(50)51)39-27(46)18-3-1-9-33-13-18)16-54-55-17-23(30(49)36-15-26(44)45)38-25(43)8-6-21(32(52)53)40-28(47)19-4-2-10-34-14-19/h1-4,9-10,12-14,20-23H,5-8,11,15-17H2,(H,35,48)(H,36,49)(H,37,42)(H,38,43)(H,39,46)(H,40,47)(H,44,45)(H,50,51)(H,52,53). The van der Waals surface area contributed by atoms with Crippen molar-refractivity contribution in [1.82, 2.24) is 41.9 Å². The summed E-state index contributed by atoms with van der Waals surface area (Å²) in [4.78, 5) is 129. The number of hydrogen-bond donors (Lipinski definition) is 9. The van der Waals surface area contributed by atoms with Crippen LogP contribution in [-0.2, 0) is 38.4 Å². The highest BCUT2D eigenvalue weighted by atomic mass is 33.1. The highest BCUT2D eigenvalue weighted by molar-refractivity contribution is 8.76. The smallest absolute Gasteiger partial charge is 0.326 e. The van der Waals surface area contributed by atoms with E-state index in [0.29, 0.717) is 6.29 Å². The molecule has 0 spiro atoms. The van der Waals surface area contributed by atoms with Crippen molar-refractivity contribution in [3.05, 3.63) is 60.2 Å². The van der Waals surface area contributed by atoms with Crippen molar-refractivity contribution in [3.8, 4) is 0 Å². The Morgan fingerprint density at radius 1 is 0.636 bits per heavy atom. The Labute approximate surface area is 320 Å². The van der Waals surface area contributed by atoms with Gasteiger partial charge in [-0.25, -0.2) is 9.59 Å². The molecule has 0 aliphatic carbocycles. The summed E-state index contributed by atoms with van der Waals surface area (Å²) in [6.45, 7) is -1.18. The fraction of sp³-hybridized carbons (Fsp3) is 0.375. The van der Waals surface area contributed by atoms with Gasteiger partial charge in [-0.3, -0.25) is 43.5 Å². The Hall–Kier alpha value is -6.10. The summed E-state index contributed by atoms with van der Waals surface area (Å²) in [5.41, 5.74) is 0.177. The number of amides is 6. The molecule has 2 rings (SSSR count). The number of carboxylic acid groups (broad SMARTS) is 3. The van der Waals surface area contributed by atoms with E-state index in [-0.39, 0.29) is 35.5 Å². The third kappa shape index (κ3) is 17.5. The molecule has 0 fully saturated rings. The zero-order chi connectivity index (χ0) is 40.8. The van der Waals surface area contributed by atoms with Crippen LogP contribution in [0.15, 0.2) is 49.1 Å². The van der Waals surface area contributed by atoms with Gasteiger partial charge in [0.05, 0.1) is 17.7 Å². The van der Waals surface area contributed by atoms with Gasteiger partial charge in [0, 0.05) is 49.1 Å². The molecule has 4 atom stereocenters. The maximum atomic E-state index is 12.8. The summed E-state index contributed by atoms with van der Waals surface area (Å²) in [7, 11) is 1.87. The Balaban J connectivity index is 2.00. The minimum absolute atomic E-state index is 0.0837. The first-order chi connectivity index (χ1) is 26.2. The lowest BCUT2D eigenvalue weighted by Crippen LogP contribution is -2.50. The van der Waals surface area contributed by atoms with Gasteiger partial charge >= 0.3 is 17.9 Å². The van der Waals surface area contributed by atoms with E-state index in [4.69, 9.17) is 5.11 Å². The maximum absolute atomic E-state index is 12.8. The SMILES string of the molecule is O=CCNC(=O)C(CSSCC(NC(=O)CCC(NC(=O)c1cccnc1)C(=O)O)C(=O)NCC(=O)O)NC(=O)CCC(NC(=O)c1cccnc1)C(=O)O. The molecular formula is C32H38N8O13S2. The zero-order valence-electron chi connectivity index (χ0n) is 28.8. The van der Waals surface area contributed by atoms with Gasteiger partial charge < -0.3 is 52.0 Å². The quantitative estimate of drug-likeness (QED) is 0.0297. The van der Waals surface area contributed by atoms with Crippen LogP contribution in [0.25, 0.3) is 0 Å². The zero-order valence-corrected chi connectivity index (χ0v) is 30.4. The van der Waals surface area contributed by atoms with Gasteiger partial charge in [-0.1, -0.05) is 21.6 Å². The first-order valence-electron chi connectivity index (χ1n) is 16.1. The minimum Gasteiger partial charge on any atom is -0.480 e. The van der Waals surface area contributed by atoms with Crippen molar-refractivity contribution in [2.75, 3.05) is 24.6 Å². The van der Waals surface area contributed by atoms with Crippen molar-refractivity contribution >= 4 is 81.2 Å². The number of carbonyl (C=O) groups excluding carboxylic acids is 7. The number of hydrogen-bond acceptors (Lipinski definition) is 14. The number of carboxylic acids is 3. The molecular weight excluding hydrogens is 769 g/mol. The fourth-order valence-corrected chi connectivity index (χ4v) is 6.55. The van der Waals surface area contributed by atoms with Gasteiger partial charge in [0.25, 0.3) is 11.8 Å². The number of pyridine rings is 2. The van der Waals surface area contributed by atoms with E-state index >= 15 is 0 Å². The average molecular weight is 807 g/mol. The lowest BCUT2D eigenvalue weighted by molar-refractivity contribution is -0.140. The molecule has 23 heteroatoms. The molecule has 4 unspecified atom stereocenters. The molecule has 2 aromatic heterocycles. The molecule has 0 aliphatic heterocycles. The monoisotopic (exact) mass is 806 g/mol. The lowest BCUT2D eigenvalue weighted by atomic mass is 10.1. The summed E-state index contributed by atoms with van der Waals surface area (Å²) in [6.07, 6.45) is 4.05. The third-order valence-corrected chi connectivity index (χ3v) is 9.43. The van der Waals surface area contributed by atoms with Crippen molar-refractivity contribution in [1.29, 1.82) is 0 Å². The molecule has 0 saturated heterocycles. The van der Waals surface area contributed by atoms with Crippen molar-refractivity contribution in [2.24, 2.45) is 0 Å². The number of aldehydes is 1. The number of nitrogens with zero attached hydrogens (tertiary/aromatic N) is 2. The van der Waals surface area contributed by atoms with Crippen LogP contribution in [-0.4, -0.2) is 134 Å². The Morgan fingerprint density at radius 2 is 1.07 bits per heavy atom. The van der Waals surface area contributed by atoms with Crippen molar-refractivity contribution in [2.45, 2.75) is 49.9 Å². The molecule has 0 saturated carbocycles. The van der Waals surface area contributed by atoms with E-state index in [0.717, 1.165) is 21.6 Å². The number of carbonyl (C=O) groups is 10. The Kier molecular flexibility index (Phi) is 19.9. The molecule has 9 N–H and O–H groups in total. The number of nitrogens with one attached hydrogen (secondary N) is 6. The van der Waals surface area contributed by atoms with Gasteiger partial charge in [0.2, 0.25) is 23.6 Å². The minimum atomic E-state index is -1.49. The summed E-state index contributed by atoms with van der Waals surface area (Å²) >= 11 is 0.